The molecule has 16 valence electrons. The summed E-state index contributed by atoms with van der Waals surface area (Å²) in [6, 6.07) is 0. The van der Waals surface area contributed by atoms with Crippen molar-refractivity contribution in [3.8, 4) is 0 Å². The zero-order valence-corrected chi connectivity index (χ0v) is 6.92. The number of hydrogen-bond acceptors (Lipinski definition) is 0. The molecule has 0 aliphatic heterocycles. The normalized spacial score (nSPS) is 0. The smallest absolute Gasteiger partial charge is 0 e. The third kappa shape index (κ3) is 9.05. The maximum absolute atomic E-state index is 0. The minimum absolute atomic E-state index is 0. The van der Waals surface area contributed by atoms with Crippen molar-refractivity contribution in [3.05, 3.63) is 0 Å². The van der Waals surface area contributed by atoms with E-state index in [0.717, 1.165) is 0 Å². The predicted molar refractivity (Wildman–Crippen MR) is 24.9 cm³/mol. The van der Waals surface area contributed by atoms with Gasteiger partial charge in [-0.15, -0.1) is 0 Å². The number of hydrogen-bond donors (Lipinski definition) is 0. The summed E-state index contributed by atoms with van der Waals surface area (Å²) >= 11 is 0. The molecule has 0 aliphatic rings. The minimum Gasteiger partial charge on any atom is 0 e. The van der Waals surface area contributed by atoms with Crippen LogP contribution in [-0.2, 0) is 0 Å². The van der Waals surface area contributed by atoms with Crippen molar-refractivity contribution in [3.63, 3.8) is 0 Å². The van der Waals surface area contributed by atoms with E-state index in [1.807, 2.05) is 0 Å². The summed E-state index contributed by atoms with van der Waals surface area (Å²) in [4.78, 5) is 0. The van der Waals surface area contributed by atoms with Crippen molar-refractivity contribution in [2.45, 2.75) is 0 Å². The molecule has 0 saturated carbocycles. The Kier molecular flexibility index (Phi) is 197. The fourth-order valence-corrected chi connectivity index (χ4v) is 0. The molecule has 0 rings (SSSR count). The summed E-state index contributed by atoms with van der Waals surface area (Å²) in [5.41, 5.74) is 0. The third-order valence-electron chi connectivity index (χ3n) is 0. The van der Waals surface area contributed by atoms with Gasteiger partial charge in [0.15, 0.2) is 0 Å². The van der Waals surface area contributed by atoms with Gasteiger partial charge in [-0.3, -0.25) is 0 Å². The first kappa shape index (κ1) is 38.6. The van der Waals surface area contributed by atoms with E-state index in [1.54, 1.807) is 0 Å². The molecule has 0 nitrogen and oxygen atoms in total. The van der Waals surface area contributed by atoms with E-state index in [-0.39, 0.29) is 68.5 Å². The molecule has 0 aromatic carbocycles. The molecule has 0 unspecified atom stereocenters. The first-order valence-corrected chi connectivity index (χ1v) is 0. The van der Waals surface area contributed by atoms with Crippen LogP contribution in [0, 0.1) is 0 Å². The standard InChI is InChI=1S/B.Na.S.Se. The molecule has 0 bridgehead atoms. The van der Waals surface area contributed by atoms with Gasteiger partial charge < -0.3 is 0 Å². The topological polar surface area (TPSA) is 0 Å². The molecule has 0 aliphatic carbocycles. The van der Waals surface area contributed by atoms with Gasteiger partial charge in [-0.05, 0) is 0 Å². The van der Waals surface area contributed by atoms with Crippen LogP contribution in [0.1, 0.15) is 0 Å². The van der Waals surface area contributed by atoms with E-state index >= 15 is 0 Å². The number of rotatable bonds is 0. The van der Waals surface area contributed by atoms with Gasteiger partial charge in [-0.25, -0.2) is 0 Å². The van der Waals surface area contributed by atoms with E-state index in [4.69, 9.17) is 0 Å². The molecule has 8 radical (unpaired) electrons. The van der Waals surface area contributed by atoms with Gasteiger partial charge in [-0.1, -0.05) is 0 Å². The first-order valence-electron chi connectivity index (χ1n) is 0. The molecule has 0 amide bonds. The molecule has 0 aromatic heterocycles. The Balaban J connectivity index is 0. The Labute approximate surface area is 67.9 Å². The van der Waals surface area contributed by atoms with Crippen molar-refractivity contribution in [2.24, 2.45) is 0 Å². The Morgan fingerprint density at radius 1 is 1.00 bits per heavy atom. The SMILES string of the molecule is [B].[Na].[S].[Se]. The predicted octanol–water partition coefficient (Wildman–Crippen LogP) is -0.494. The van der Waals surface area contributed by atoms with Gasteiger partial charge in [0.1, 0.15) is 0 Å². The molecule has 4 heteroatoms. The maximum Gasteiger partial charge on any atom is 0 e. The van der Waals surface area contributed by atoms with Crippen molar-refractivity contribution < 1.29 is 0 Å². The third-order valence-corrected chi connectivity index (χ3v) is 0. The molecule has 0 spiro atoms. The van der Waals surface area contributed by atoms with Crippen LogP contribution in [0.4, 0.5) is 0 Å². The van der Waals surface area contributed by atoms with Crippen LogP contribution in [0.2, 0.25) is 0 Å². The minimum atomic E-state index is 0. The van der Waals surface area contributed by atoms with Crippen LogP contribution in [0.5, 0.6) is 0 Å². The Morgan fingerprint density at radius 3 is 1.00 bits per heavy atom. The Morgan fingerprint density at radius 2 is 1.00 bits per heavy atom. The molecule has 0 aromatic rings. The summed E-state index contributed by atoms with van der Waals surface area (Å²) in [5.74, 6) is 0. The molecule has 0 atom stereocenters. The molecule has 4 heavy (non-hydrogen) atoms. The summed E-state index contributed by atoms with van der Waals surface area (Å²) in [5, 5.41) is 0. The van der Waals surface area contributed by atoms with Gasteiger partial charge in [0, 0.05) is 68.5 Å². The fraction of sp³-hybridized carbons (Fsp3) is 0. The van der Waals surface area contributed by atoms with Crippen LogP contribution in [0.15, 0.2) is 0 Å². The summed E-state index contributed by atoms with van der Waals surface area (Å²) in [6.07, 6.45) is 0. The average Bonchev–Trinajstić information content (AvgIpc) is 0. The second-order valence-electron chi connectivity index (χ2n) is 0. The van der Waals surface area contributed by atoms with Gasteiger partial charge in [0.05, 0.1) is 0 Å². The van der Waals surface area contributed by atoms with Crippen LogP contribution in [0.3, 0.4) is 0 Å². The molecule has 0 fully saturated rings. The van der Waals surface area contributed by atoms with Gasteiger partial charge in [-0.2, -0.15) is 0 Å². The van der Waals surface area contributed by atoms with Crippen molar-refractivity contribution in [1.29, 1.82) is 0 Å². The maximum atomic E-state index is 0. The molecule has 0 saturated heterocycles. The zero-order valence-electron chi connectivity index (χ0n) is 2.39. The Bertz CT molecular complexity index is 8.00. The fourth-order valence-electron chi connectivity index (χ4n) is 0. The van der Waals surface area contributed by atoms with E-state index < -0.39 is 0 Å². The average molecular weight is 145 g/mol. The van der Waals surface area contributed by atoms with E-state index in [0.29, 0.717) is 0 Å². The van der Waals surface area contributed by atoms with Crippen LogP contribution < -0.4 is 0 Å². The second-order valence-corrected chi connectivity index (χ2v) is 0. The zero-order chi connectivity index (χ0) is 0. The second kappa shape index (κ2) is 20.4. The summed E-state index contributed by atoms with van der Waals surface area (Å²) in [7, 11) is 0. The van der Waals surface area contributed by atoms with E-state index in [2.05, 4.69) is 0 Å². The van der Waals surface area contributed by atoms with Crippen molar-refractivity contribution in [1.82, 2.24) is 0 Å². The summed E-state index contributed by atoms with van der Waals surface area (Å²) < 4.78 is 0. The van der Waals surface area contributed by atoms with Gasteiger partial charge >= 0.3 is 0 Å². The van der Waals surface area contributed by atoms with Crippen LogP contribution >= 0.6 is 13.5 Å². The van der Waals surface area contributed by atoms with E-state index in [1.165, 1.54) is 0 Å². The Hall–Kier alpha value is 1.93. The van der Waals surface area contributed by atoms with Crippen molar-refractivity contribution >= 4 is 68.5 Å². The molecular weight excluding hydrogens is 145 g/mol. The largest absolute Gasteiger partial charge is 0 e. The molecular formula is BNaSSe. The van der Waals surface area contributed by atoms with E-state index in [9.17, 15) is 0 Å². The first-order chi connectivity index (χ1) is 0. The van der Waals surface area contributed by atoms with Gasteiger partial charge in [0.25, 0.3) is 0 Å². The van der Waals surface area contributed by atoms with Gasteiger partial charge in [0.2, 0.25) is 0 Å². The summed E-state index contributed by atoms with van der Waals surface area (Å²) in [6.45, 7) is 0. The molecule has 0 N–H and O–H groups in total. The van der Waals surface area contributed by atoms with Crippen LogP contribution in [-0.4, -0.2) is 55.0 Å². The molecule has 0 heterocycles. The monoisotopic (exact) mass is 146 g/mol. The van der Waals surface area contributed by atoms with Crippen LogP contribution in [0.25, 0.3) is 0 Å². The van der Waals surface area contributed by atoms with Crippen molar-refractivity contribution in [2.75, 3.05) is 0 Å². The quantitative estimate of drug-likeness (QED) is 0.403.